The van der Waals surface area contributed by atoms with E-state index in [1.165, 1.54) is 50.4 Å². The first-order valence-electron chi connectivity index (χ1n) is 9.81. The Morgan fingerprint density at radius 2 is 1.42 bits per heavy atom. The molecule has 0 atom stereocenters. The lowest BCUT2D eigenvalue weighted by Gasteiger charge is -2.12. The van der Waals surface area contributed by atoms with E-state index >= 15 is 0 Å². The topological polar surface area (TPSA) is 131 Å². The van der Waals surface area contributed by atoms with Crippen LogP contribution in [-0.2, 0) is 20.0 Å². The monoisotopic (exact) mass is 489 g/mol. The van der Waals surface area contributed by atoms with E-state index in [-0.39, 0.29) is 16.2 Å². The minimum Gasteiger partial charge on any atom is -0.495 e. The summed E-state index contributed by atoms with van der Waals surface area (Å²) in [7, 11) is -5.84. The number of rotatable bonds is 9. The van der Waals surface area contributed by atoms with Gasteiger partial charge >= 0.3 is 0 Å². The van der Waals surface area contributed by atoms with E-state index in [0.29, 0.717) is 22.8 Å². The predicted octanol–water partition coefficient (Wildman–Crippen LogP) is 3.51. The van der Waals surface area contributed by atoms with Crippen molar-refractivity contribution in [1.82, 2.24) is 0 Å². The van der Waals surface area contributed by atoms with Gasteiger partial charge in [-0.15, -0.1) is 0 Å². The van der Waals surface area contributed by atoms with E-state index < -0.39 is 26.0 Å². The summed E-state index contributed by atoms with van der Waals surface area (Å²) >= 11 is 0. The Morgan fingerprint density at radius 1 is 0.818 bits per heavy atom. The van der Waals surface area contributed by atoms with E-state index in [2.05, 4.69) is 14.8 Å². The Hall–Kier alpha value is -3.57. The normalized spacial score (nSPS) is 11.5. The van der Waals surface area contributed by atoms with Gasteiger partial charge in [-0.2, -0.15) is 0 Å². The van der Waals surface area contributed by atoms with E-state index in [4.69, 9.17) is 4.74 Å². The highest BCUT2D eigenvalue weighted by molar-refractivity contribution is 7.93. The van der Waals surface area contributed by atoms with Gasteiger partial charge in [0.05, 0.1) is 23.4 Å². The number of nitrogens with one attached hydrogen (secondary N) is 3. The number of hydrogen-bond acceptors (Lipinski definition) is 6. The number of methoxy groups -OCH3 is 1. The summed E-state index contributed by atoms with van der Waals surface area (Å²) in [6.45, 7) is 1.53. The van der Waals surface area contributed by atoms with Crippen molar-refractivity contribution >= 4 is 43.0 Å². The van der Waals surface area contributed by atoms with Crippen molar-refractivity contribution in [3.05, 3.63) is 78.4 Å². The lowest BCUT2D eigenvalue weighted by Crippen LogP contribution is -2.15. The van der Waals surface area contributed by atoms with Gasteiger partial charge in [-0.3, -0.25) is 14.2 Å². The first-order chi connectivity index (χ1) is 15.6. The fourth-order valence-corrected chi connectivity index (χ4v) is 4.50. The van der Waals surface area contributed by atoms with Gasteiger partial charge < -0.3 is 10.1 Å². The van der Waals surface area contributed by atoms with Crippen molar-refractivity contribution in [2.45, 2.75) is 11.8 Å². The van der Waals surface area contributed by atoms with Gasteiger partial charge in [0.15, 0.2) is 0 Å². The smallest absolute Gasteiger partial charge is 0.262 e. The maximum absolute atomic E-state index is 12.7. The molecule has 0 heterocycles. The third kappa shape index (κ3) is 6.24. The number of para-hydroxylation sites is 2. The quantitative estimate of drug-likeness (QED) is 0.422. The molecule has 0 aliphatic rings. The fraction of sp³-hybridized carbons (Fsp3) is 0.136. The van der Waals surface area contributed by atoms with Crippen molar-refractivity contribution in [2.24, 2.45) is 0 Å². The van der Waals surface area contributed by atoms with E-state index in [0.717, 1.165) is 0 Å². The number of anilines is 3. The van der Waals surface area contributed by atoms with Crippen LogP contribution in [0, 0.1) is 0 Å². The van der Waals surface area contributed by atoms with Crippen LogP contribution < -0.4 is 19.5 Å². The van der Waals surface area contributed by atoms with Crippen LogP contribution in [0.4, 0.5) is 17.1 Å². The maximum atomic E-state index is 12.7. The van der Waals surface area contributed by atoms with Gasteiger partial charge in [0.1, 0.15) is 5.75 Å². The Labute approximate surface area is 192 Å². The molecule has 9 nitrogen and oxygen atoms in total. The molecule has 174 valence electrons. The van der Waals surface area contributed by atoms with Gasteiger partial charge in [0.25, 0.3) is 15.9 Å². The van der Waals surface area contributed by atoms with Crippen molar-refractivity contribution in [2.75, 3.05) is 27.6 Å². The minimum atomic E-state index is -3.89. The highest BCUT2D eigenvalue weighted by Gasteiger charge is 2.17. The molecule has 0 radical (unpaired) electrons. The van der Waals surface area contributed by atoms with Crippen molar-refractivity contribution in [3.8, 4) is 5.75 Å². The molecule has 0 aromatic heterocycles. The second kappa shape index (κ2) is 9.92. The zero-order valence-corrected chi connectivity index (χ0v) is 19.5. The molecule has 11 heteroatoms. The molecule has 0 aliphatic carbocycles. The summed E-state index contributed by atoms with van der Waals surface area (Å²) in [6, 6.07) is 18.2. The number of hydrogen-bond donors (Lipinski definition) is 3. The zero-order valence-electron chi connectivity index (χ0n) is 17.9. The summed E-state index contributed by atoms with van der Waals surface area (Å²) in [5.74, 6) is -0.116. The van der Waals surface area contributed by atoms with Crippen molar-refractivity contribution < 1.29 is 26.4 Å². The van der Waals surface area contributed by atoms with Crippen LogP contribution in [0.3, 0.4) is 0 Å². The lowest BCUT2D eigenvalue weighted by atomic mass is 10.2. The standard InChI is InChI=1S/C22H23N3O6S2/c1-3-32(27,28)24-18-12-10-17(11-13-18)23-22(26)16-8-14-19(15-9-16)33(29,30)25-20-6-4-5-7-21(20)31-2/h4-15,24-25H,3H2,1-2H3,(H,23,26). The number of carbonyl (C=O) groups excluding carboxylic acids is 1. The molecule has 33 heavy (non-hydrogen) atoms. The molecule has 0 aliphatic heterocycles. The van der Waals surface area contributed by atoms with Crippen LogP contribution >= 0.6 is 0 Å². The molecule has 3 rings (SSSR count). The summed E-state index contributed by atoms with van der Waals surface area (Å²) in [4.78, 5) is 12.5. The Balaban J connectivity index is 1.68. The van der Waals surface area contributed by atoms with Crippen LogP contribution in [0.1, 0.15) is 17.3 Å². The average Bonchev–Trinajstić information content (AvgIpc) is 2.80. The second-order valence-corrected chi connectivity index (χ2v) is 10.6. The van der Waals surface area contributed by atoms with Gasteiger partial charge in [0, 0.05) is 16.9 Å². The summed E-state index contributed by atoms with van der Waals surface area (Å²) in [6.07, 6.45) is 0. The molecule has 0 saturated heterocycles. The number of sulfonamides is 2. The van der Waals surface area contributed by atoms with Gasteiger partial charge in [0.2, 0.25) is 10.0 Å². The molecule has 0 unspecified atom stereocenters. The van der Waals surface area contributed by atoms with Gasteiger partial charge in [-0.05, 0) is 67.6 Å². The lowest BCUT2D eigenvalue weighted by molar-refractivity contribution is 0.102. The van der Waals surface area contributed by atoms with Crippen LogP contribution in [0.15, 0.2) is 77.7 Å². The summed E-state index contributed by atoms with van der Waals surface area (Å²) < 4.78 is 58.6. The minimum absolute atomic E-state index is 0.0162. The Kier molecular flexibility index (Phi) is 7.24. The van der Waals surface area contributed by atoms with Crippen LogP contribution in [0.5, 0.6) is 5.75 Å². The van der Waals surface area contributed by atoms with Crippen LogP contribution in [0.2, 0.25) is 0 Å². The predicted molar refractivity (Wildman–Crippen MR) is 128 cm³/mol. The second-order valence-electron chi connectivity index (χ2n) is 6.87. The molecule has 0 bridgehead atoms. The SMILES string of the molecule is CCS(=O)(=O)Nc1ccc(NC(=O)c2ccc(S(=O)(=O)Nc3ccccc3OC)cc2)cc1. The Bertz CT molecular complexity index is 1340. The molecule has 0 saturated carbocycles. The number of carbonyl (C=O) groups is 1. The van der Waals surface area contributed by atoms with Gasteiger partial charge in [-0.1, -0.05) is 12.1 Å². The van der Waals surface area contributed by atoms with Crippen LogP contribution in [0.25, 0.3) is 0 Å². The average molecular weight is 490 g/mol. The zero-order chi connectivity index (χ0) is 24.1. The molecular weight excluding hydrogens is 466 g/mol. The number of ether oxygens (including phenoxy) is 1. The molecule has 0 fully saturated rings. The molecule has 0 spiro atoms. The third-order valence-corrected chi connectivity index (χ3v) is 7.26. The van der Waals surface area contributed by atoms with E-state index in [1.54, 1.807) is 36.4 Å². The molecule has 1 amide bonds. The van der Waals surface area contributed by atoms with Gasteiger partial charge in [-0.25, -0.2) is 16.8 Å². The molecule has 3 aromatic carbocycles. The third-order valence-electron chi connectivity index (χ3n) is 4.57. The molecular formula is C22H23N3O6S2. The highest BCUT2D eigenvalue weighted by Crippen LogP contribution is 2.26. The number of amides is 1. The van der Waals surface area contributed by atoms with Crippen LogP contribution in [-0.4, -0.2) is 35.6 Å². The molecule has 3 aromatic rings. The first-order valence-corrected chi connectivity index (χ1v) is 12.9. The number of benzene rings is 3. The maximum Gasteiger partial charge on any atom is 0.262 e. The summed E-state index contributed by atoms with van der Waals surface area (Å²) in [5, 5.41) is 2.68. The highest BCUT2D eigenvalue weighted by atomic mass is 32.2. The first kappa shape index (κ1) is 24.1. The molecule has 3 N–H and O–H groups in total. The largest absolute Gasteiger partial charge is 0.495 e. The van der Waals surface area contributed by atoms with Crippen molar-refractivity contribution in [3.63, 3.8) is 0 Å². The van der Waals surface area contributed by atoms with E-state index in [1.807, 2.05) is 0 Å². The Morgan fingerprint density at radius 3 is 2.03 bits per heavy atom. The summed E-state index contributed by atoms with van der Waals surface area (Å²) in [5.41, 5.74) is 1.38. The fourth-order valence-electron chi connectivity index (χ4n) is 2.79. The van der Waals surface area contributed by atoms with Crippen molar-refractivity contribution in [1.29, 1.82) is 0 Å². The van der Waals surface area contributed by atoms with E-state index in [9.17, 15) is 21.6 Å².